The number of nitrogens with zero attached hydrogens (tertiary/aromatic N) is 1. The van der Waals surface area contributed by atoms with Gasteiger partial charge in [0.1, 0.15) is 0 Å². The van der Waals surface area contributed by atoms with Crippen LogP contribution in [0.15, 0.2) is 182 Å². The van der Waals surface area contributed by atoms with E-state index in [1.54, 1.807) is 0 Å². The van der Waals surface area contributed by atoms with Gasteiger partial charge in [-0.1, -0.05) is 176 Å². The minimum absolute atomic E-state index is 0.954. The summed E-state index contributed by atoms with van der Waals surface area (Å²) in [5.41, 5.74) is 14.0. The number of benzene rings is 8. The maximum absolute atomic E-state index is 5.37. The third kappa shape index (κ3) is 4.83. The maximum atomic E-state index is 5.37. The molecule has 0 amide bonds. The molecular weight excluding hydrogens is 615 g/mol. The highest BCUT2D eigenvalue weighted by molar-refractivity contribution is 6.24. The van der Waals surface area contributed by atoms with Crippen molar-refractivity contribution in [1.82, 2.24) is 4.98 Å². The molecule has 0 aliphatic heterocycles. The summed E-state index contributed by atoms with van der Waals surface area (Å²) in [6.45, 7) is 0. The second-order valence-corrected chi connectivity index (χ2v) is 13.2. The predicted molar refractivity (Wildman–Crippen MR) is 217 cm³/mol. The number of aromatic nitrogens is 1. The van der Waals surface area contributed by atoms with Gasteiger partial charge in [-0.3, -0.25) is 0 Å². The van der Waals surface area contributed by atoms with Crippen molar-refractivity contribution in [1.29, 1.82) is 0 Å². The first-order valence-corrected chi connectivity index (χ1v) is 17.5. The van der Waals surface area contributed by atoms with Gasteiger partial charge in [-0.25, -0.2) is 4.98 Å². The van der Waals surface area contributed by atoms with Crippen molar-refractivity contribution in [2.24, 2.45) is 0 Å². The molecule has 51 heavy (non-hydrogen) atoms. The monoisotopic (exact) mass is 645 g/mol. The molecule has 0 bridgehead atoms. The van der Waals surface area contributed by atoms with Crippen LogP contribution < -0.4 is 10.4 Å². The van der Waals surface area contributed by atoms with Gasteiger partial charge in [-0.05, 0) is 83.1 Å². The van der Waals surface area contributed by atoms with E-state index in [1.807, 2.05) is 6.07 Å². The van der Waals surface area contributed by atoms with E-state index in [0.29, 0.717) is 0 Å². The van der Waals surface area contributed by atoms with E-state index in [9.17, 15) is 0 Å². The summed E-state index contributed by atoms with van der Waals surface area (Å²) in [6.07, 6.45) is 6.45. The Hall–Kier alpha value is -6.79. The molecule has 1 aliphatic rings. The van der Waals surface area contributed by atoms with Crippen LogP contribution in [0.25, 0.3) is 94.1 Å². The summed E-state index contributed by atoms with van der Waals surface area (Å²) >= 11 is 0. The fraction of sp³-hybridized carbons (Fsp3) is 0. The number of hydrogen-bond acceptors (Lipinski definition) is 1. The summed E-state index contributed by atoms with van der Waals surface area (Å²) in [6, 6.07) is 61.1. The van der Waals surface area contributed by atoms with Gasteiger partial charge in [-0.15, -0.1) is 5.73 Å². The molecule has 9 aromatic rings. The van der Waals surface area contributed by atoms with Crippen molar-refractivity contribution < 1.29 is 0 Å². The number of allylic oxidation sites excluding steroid dienone is 3. The molecular formula is C50H31N. The van der Waals surface area contributed by atoms with Crippen LogP contribution in [0.1, 0.15) is 5.56 Å². The minimum atomic E-state index is 0.954. The van der Waals surface area contributed by atoms with E-state index >= 15 is 0 Å². The van der Waals surface area contributed by atoms with Crippen molar-refractivity contribution in [3.8, 4) is 33.5 Å². The zero-order valence-electron chi connectivity index (χ0n) is 27.8. The van der Waals surface area contributed by atoms with Crippen LogP contribution in [-0.4, -0.2) is 4.98 Å². The smallest absolute Gasteiger partial charge is 0.0865 e. The van der Waals surface area contributed by atoms with Crippen LogP contribution in [-0.2, 0) is 0 Å². The van der Waals surface area contributed by atoms with E-state index in [0.717, 1.165) is 38.2 Å². The Morgan fingerprint density at radius 2 is 0.922 bits per heavy atom. The molecule has 1 aromatic heterocycles. The second-order valence-electron chi connectivity index (χ2n) is 13.2. The number of rotatable bonds is 4. The molecule has 0 saturated carbocycles. The molecule has 10 rings (SSSR count). The average Bonchev–Trinajstić information content (AvgIpc) is 3.43. The van der Waals surface area contributed by atoms with Gasteiger partial charge in [0.25, 0.3) is 0 Å². The van der Waals surface area contributed by atoms with Gasteiger partial charge in [0, 0.05) is 10.9 Å². The maximum Gasteiger partial charge on any atom is 0.0865 e. The molecule has 1 aliphatic carbocycles. The van der Waals surface area contributed by atoms with Gasteiger partial charge in [-0.2, -0.15) is 0 Å². The summed E-state index contributed by atoms with van der Waals surface area (Å²) in [5, 5.41) is 10.7. The van der Waals surface area contributed by atoms with Crippen molar-refractivity contribution in [3.63, 3.8) is 0 Å². The van der Waals surface area contributed by atoms with Crippen LogP contribution in [0, 0.1) is 0 Å². The molecule has 0 radical (unpaired) electrons. The molecule has 0 unspecified atom stereocenters. The Balaban J connectivity index is 1.20. The van der Waals surface area contributed by atoms with Gasteiger partial charge in [0.05, 0.1) is 16.4 Å². The first-order valence-electron chi connectivity index (χ1n) is 17.5. The predicted octanol–water partition coefficient (Wildman–Crippen LogP) is 11.5. The lowest BCUT2D eigenvalue weighted by atomic mass is 9.84. The van der Waals surface area contributed by atoms with Crippen LogP contribution in [0.5, 0.6) is 0 Å². The molecule has 0 fully saturated rings. The molecule has 1 nitrogen and oxygen atoms in total. The fourth-order valence-electron chi connectivity index (χ4n) is 7.91. The average molecular weight is 646 g/mol. The largest absolute Gasteiger partial charge is 0.246 e. The lowest BCUT2D eigenvalue weighted by Gasteiger charge is -2.19. The van der Waals surface area contributed by atoms with Crippen LogP contribution >= 0.6 is 0 Å². The zero-order chi connectivity index (χ0) is 33.7. The summed E-state index contributed by atoms with van der Waals surface area (Å²) in [4.78, 5) is 5.37. The third-order valence-corrected chi connectivity index (χ3v) is 10.3. The summed E-state index contributed by atoms with van der Waals surface area (Å²) in [5.74, 6) is 0. The first-order chi connectivity index (χ1) is 25.3. The van der Waals surface area contributed by atoms with Crippen molar-refractivity contribution in [2.45, 2.75) is 0 Å². The second kappa shape index (κ2) is 12.0. The van der Waals surface area contributed by atoms with E-state index in [-0.39, 0.29) is 0 Å². The Bertz CT molecular complexity index is 2980. The van der Waals surface area contributed by atoms with Crippen LogP contribution in [0.2, 0.25) is 0 Å². The molecule has 236 valence electrons. The highest BCUT2D eigenvalue weighted by Crippen LogP contribution is 2.46. The van der Waals surface area contributed by atoms with Gasteiger partial charge >= 0.3 is 0 Å². The topological polar surface area (TPSA) is 12.9 Å². The first kappa shape index (κ1) is 29.2. The standard InChI is InChI=1S/C50H31N/c1-3-13-33(14-4-1)34-23-24-35-25-26-37-28-32-47(51-50(37)38(35)29-27-34)41-30-31-46(40-18-8-7-17-39(40)41)49-44-21-11-9-19-42(44)48(36-15-5-2-6-16-36)43-20-10-12-22-45(43)49/h1-28,30-32H. The molecule has 1 heterocycles. The lowest BCUT2D eigenvalue weighted by molar-refractivity contribution is 1.38. The van der Waals surface area contributed by atoms with E-state index in [2.05, 4.69) is 188 Å². The van der Waals surface area contributed by atoms with Gasteiger partial charge < -0.3 is 0 Å². The fourth-order valence-corrected chi connectivity index (χ4v) is 7.91. The van der Waals surface area contributed by atoms with Crippen LogP contribution in [0.3, 0.4) is 0 Å². The highest BCUT2D eigenvalue weighted by atomic mass is 14.7. The quantitative estimate of drug-likeness (QED) is 0.174. The number of hydrogen-bond donors (Lipinski definition) is 0. The number of fused-ring (bicyclic) bond motifs is 6. The van der Waals surface area contributed by atoms with E-state index < -0.39 is 0 Å². The van der Waals surface area contributed by atoms with Crippen molar-refractivity contribution in [2.75, 3.05) is 0 Å². The SMILES string of the molecule is C1=CC(c2ccccc2)=CC=c2ccc3ccc(-c4ccc(-c5c6ccccc6c(-c6ccccc6)c6ccccc56)c5ccccc45)nc3c2=1. The molecule has 1 heteroatoms. The zero-order valence-corrected chi connectivity index (χ0v) is 27.8. The Morgan fingerprint density at radius 1 is 0.392 bits per heavy atom. The van der Waals surface area contributed by atoms with E-state index in [4.69, 9.17) is 4.98 Å². The van der Waals surface area contributed by atoms with Crippen molar-refractivity contribution in [3.05, 3.63) is 198 Å². The molecule has 0 saturated heterocycles. The number of pyridine rings is 1. The molecule has 0 spiro atoms. The van der Waals surface area contributed by atoms with Gasteiger partial charge in [0.2, 0.25) is 0 Å². The van der Waals surface area contributed by atoms with Crippen LogP contribution in [0.4, 0.5) is 0 Å². The summed E-state index contributed by atoms with van der Waals surface area (Å²) < 4.78 is 0. The normalized spacial score (nSPS) is 12.4. The van der Waals surface area contributed by atoms with E-state index in [1.165, 1.54) is 60.1 Å². The summed E-state index contributed by atoms with van der Waals surface area (Å²) in [7, 11) is 0. The lowest BCUT2D eigenvalue weighted by Crippen LogP contribution is -2.24. The van der Waals surface area contributed by atoms with Gasteiger partial charge in [0.15, 0.2) is 0 Å². The van der Waals surface area contributed by atoms with Crippen molar-refractivity contribution >= 4 is 60.6 Å². The third-order valence-electron chi connectivity index (χ3n) is 10.3. The Morgan fingerprint density at radius 3 is 1.59 bits per heavy atom. The molecule has 8 aromatic carbocycles. The Labute approximate surface area is 296 Å². The molecule has 0 N–H and O–H groups in total. The Kier molecular flexibility index (Phi) is 6.84. The molecule has 0 atom stereocenters. The highest BCUT2D eigenvalue weighted by Gasteiger charge is 2.19. The minimum Gasteiger partial charge on any atom is -0.246 e.